The van der Waals surface area contributed by atoms with Crippen LogP contribution in [0.4, 0.5) is 5.69 Å². The second kappa shape index (κ2) is 9.11. The smallest absolute Gasteiger partial charge is 0.344 e. The van der Waals surface area contributed by atoms with E-state index >= 15 is 0 Å². The predicted molar refractivity (Wildman–Crippen MR) is 107 cm³/mol. The molecule has 7 heteroatoms. The maximum absolute atomic E-state index is 11.9. The van der Waals surface area contributed by atoms with E-state index in [2.05, 4.69) is 26.1 Å². The first kappa shape index (κ1) is 21.1. The maximum atomic E-state index is 11.9. The van der Waals surface area contributed by atoms with Crippen molar-refractivity contribution in [3.63, 3.8) is 0 Å². The van der Waals surface area contributed by atoms with E-state index in [1.165, 1.54) is 6.07 Å². The third-order valence-corrected chi connectivity index (χ3v) is 4.17. The van der Waals surface area contributed by atoms with Crippen molar-refractivity contribution in [3.05, 3.63) is 58.1 Å². The summed E-state index contributed by atoms with van der Waals surface area (Å²) in [6.07, 6.45) is 0. The third-order valence-electron chi connectivity index (χ3n) is 3.64. The Hall–Kier alpha value is -2.24. The van der Waals surface area contributed by atoms with Gasteiger partial charge in [0, 0.05) is 10.7 Å². The molecule has 2 aromatic carbocycles. The predicted octanol–water partition coefficient (Wildman–Crippen LogP) is 4.85. The summed E-state index contributed by atoms with van der Waals surface area (Å²) in [5.41, 5.74) is 1.82. The number of ether oxygens (including phenoxy) is 2. The number of hydrogen-bond donors (Lipinski definition) is 1. The van der Waals surface area contributed by atoms with Gasteiger partial charge in [0.25, 0.3) is 5.91 Å². The Kier molecular flexibility index (Phi) is 7.11. The lowest BCUT2D eigenvalue weighted by Gasteiger charge is -2.19. The summed E-state index contributed by atoms with van der Waals surface area (Å²) in [6.45, 7) is 5.56. The first-order chi connectivity index (χ1) is 12.6. The van der Waals surface area contributed by atoms with Crippen LogP contribution >= 0.6 is 23.2 Å². The van der Waals surface area contributed by atoms with E-state index in [9.17, 15) is 9.59 Å². The molecule has 0 aliphatic rings. The number of carbonyl (C=O) groups is 2. The number of halogens is 2. The van der Waals surface area contributed by atoms with Crippen LogP contribution in [-0.4, -0.2) is 25.1 Å². The molecule has 0 saturated carbocycles. The summed E-state index contributed by atoms with van der Waals surface area (Å²) in [5, 5.41) is 3.42. The van der Waals surface area contributed by atoms with Crippen LogP contribution in [-0.2, 0) is 19.7 Å². The van der Waals surface area contributed by atoms with Crippen LogP contribution in [0.2, 0.25) is 10.0 Å². The molecular formula is C20H21Cl2NO4. The molecule has 2 rings (SSSR count). The van der Waals surface area contributed by atoms with Gasteiger partial charge in [-0.2, -0.15) is 0 Å². The Balaban J connectivity index is 1.77. The van der Waals surface area contributed by atoms with Gasteiger partial charge in [0.2, 0.25) is 0 Å². The zero-order valence-electron chi connectivity index (χ0n) is 15.3. The van der Waals surface area contributed by atoms with E-state index in [1.54, 1.807) is 12.1 Å². The third kappa shape index (κ3) is 6.77. The summed E-state index contributed by atoms with van der Waals surface area (Å²) < 4.78 is 10.1. The van der Waals surface area contributed by atoms with E-state index in [1.807, 2.05) is 24.3 Å². The zero-order valence-corrected chi connectivity index (χ0v) is 16.9. The molecular weight excluding hydrogens is 389 g/mol. The minimum Gasteiger partial charge on any atom is -0.480 e. The SMILES string of the molecule is CC(C)(C)c1ccc(NC(=O)COC(=O)COc2ccc(Cl)cc2Cl)cc1. The highest BCUT2D eigenvalue weighted by Gasteiger charge is 2.14. The van der Waals surface area contributed by atoms with E-state index in [0.29, 0.717) is 16.5 Å². The molecule has 1 N–H and O–H groups in total. The molecule has 2 aromatic rings. The van der Waals surface area contributed by atoms with E-state index in [-0.39, 0.29) is 17.0 Å². The van der Waals surface area contributed by atoms with E-state index in [0.717, 1.165) is 5.56 Å². The topological polar surface area (TPSA) is 64.6 Å². The van der Waals surface area contributed by atoms with Crippen LogP contribution in [0.25, 0.3) is 0 Å². The summed E-state index contributed by atoms with van der Waals surface area (Å²) in [7, 11) is 0. The van der Waals surface area contributed by atoms with E-state index < -0.39 is 18.5 Å². The normalized spacial score (nSPS) is 11.0. The van der Waals surface area contributed by atoms with Crippen molar-refractivity contribution in [1.82, 2.24) is 0 Å². The second-order valence-corrected chi connectivity index (χ2v) is 7.74. The molecule has 0 heterocycles. The van der Waals surface area contributed by atoms with Gasteiger partial charge in [-0.1, -0.05) is 56.1 Å². The highest BCUT2D eigenvalue weighted by molar-refractivity contribution is 6.35. The molecule has 0 bridgehead atoms. The molecule has 0 fully saturated rings. The molecule has 0 aromatic heterocycles. The Morgan fingerprint density at radius 3 is 2.26 bits per heavy atom. The van der Waals surface area contributed by atoms with E-state index in [4.69, 9.17) is 32.7 Å². The Bertz CT molecular complexity index is 814. The van der Waals surface area contributed by atoms with Crippen molar-refractivity contribution in [3.8, 4) is 5.75 Å². The van der Waals surface area contributed by atoms with Gasteiger partial charge in [0.15, 0.2) is 13.2 Å². The fraction of sp³-hybridized carbons (Fsp3) is 0.300. The van der Waals surface area contributed by atoms with Crippen molar-refractivity contribution in [1.29, 1.82) is 0 Å². The van der Waals surface area contributed by atoms with Gasteiger partial charge in [-0.3, -0.25) is 4.79 Å². The Labute approximate surface area is 168 Å². The summed E-state index contributed by atoms with van der Waals surface area (Å²) in [5.74, 6) is -0.808. The largest absolute Gasteiger partial charge is 0.480 e. The van der Waals surface area contributed by atoms with Crippen LogP contribution in [0, 0.1) is 0 Å². The molecule has 144 valence electrons. The molecule has 0 unspecified atom stereocenters. The lowest BCUT2D eigenvalue weighted by Crippen LogP contribution is -2.23. The van der Waals surface area contributed by atoms with Gasteiger partial charge in [0.05, 0.1) is 5.02 Å². The van der Waals surface area contributed by atoms with Crippen LogP contribution < -0.4 is 10.1 Å². The number of esters is 1. The minimum atomic E-state index is -0.681. The molecule has 0 atom stereocenters. The fourth-order valence-electron chi connectivity index (χ4n) is 2.17. The number of anilines is 1. The lowest BCUT2D eigenvalue weighted by molar-refractivity contribution is -0.149. The molecule has 0 aliphatic carbocycles. The average molecular weight is 410 g/mol. The molecule has 5 nitrogen and oxygen atoms in total. The van der Waals surface area contributed by atoms with Gasteiger partial charge in [0.1, 0.15) is 5.75 Å². The highest BCUT2D eigenvalue weighted by Crippen LogP contribution is 2.27. The van der Waals surface area contributed by atoms with Gasteiger partial charge in [-0.15, -0.1) is 0 Å². The van der Waals surface area contributed by atoms with Crippen LogP contribution in [0.5, 0.6) is 5.75 Å². The molecule has 27 heavy (non-hydrogen) atoms. The van der Waals surface area contributed by atoms with Crippen molar-refractivity contribution >= 4 is 40.8 Å². The van der Waals surface area contributed by atoms with Crippen LogP contribution in [0.3, 0.4) is 0 Å². The number of rotatable bonds is 6. The highest BCUT2D eigenvalue weighted by atomic mass is 35.5. The minimum absolute atomic E-state index is 0.0328. The molecule has 0 radical (unpaired) electrons. The molecule has 0 spiro atoms. The first-order valence-electron chi connectivity index (χ1n) is 8.29. The molecule has 0 saturated heterocycles. The number of nitrogens with one attached hydrogen (secondary N) is 1. The quantitative estimate of drug-likeness (QED) is 0.692. The summed E-state index contributed by atoms with van der Waals surface area (Å²) in [4.78, 5) is 23.6. The van der Waals surface area contributed by atoms with Crippen LogP contribution in [0.15, 0.2) is 42.5 Å². The average Bonchev–Trinajstić information content (AvgIpc) is 2.59. The monoisotopic (exact) mass is 409 g/mol. The lowest BCUT2D eigenvalue weighted by atomic mass is 9.87. The van der Waals surface area contributed by atoms with Crippen molar-refractivity contribution in [2.75, 3.05) is 18.5 Å². The number of carbonyl (C=O) groups excluding carboxylic acids is 2. The van der Waals surface area contributed by atoms with Gasteiger partial charge in [-0.25, -0.2) is 4.79 Å². The van der Waals surface area contributed by atoms with Crippen molar-refractivity contribution in [2.45, 2.75) is 26.2 Å². The summed E-state index contributed by atoms with van der Waals surface area (Å²) >= 11 is 11.7. The first-order valence-corrected chi connectivity index (χ1v) is 9.04. The van der Waals surface area contributed by atoms with Crippen molar-refractivity contribution in [2.24, 2.45) is 0 Å². The maximum Gasteiger partial charge on any atom is 0.344 e. The number of hydrogen-bond acceptors (Lipinski definition) is 4. The van der Waals surface area contributed by atoms with Crippen LogP contribution in [0.1, 0.15) is 26.3 Å². The zero-order chi connectivity index (χ0) is 20.0. The molecule has 1 amide bonds. The second-order valence-electron chi connectivity index (χ2n) is 6.90. The summed E-state index contributed by atoms with van der Waals surface area (Å²) in [6, 6.07) is 12.2. The number of amides is 1. The standard InChI is InChI=1S/C20H21Cl2NO4/c1-20(2,3)13-4-7-15(8-5-13)23-18(24)11-27-19(25)12-26-17-9-6-14(21)10-16(17)22/h4-10H,11-12H2,1-3H3,(H,23,24). The molecule has 0 aliphatic heterocycles. The number of benzene rings is 2. The fourth-order valence-corrected chi connectivity index (χ4v) is 2.63. The Morgan fingerprint density at radius 1 is 1.00 bits per heavy atom. The van der Waals surface area contributed by atoms with Gasteiger partial charge in [-0.05, 0) is 41.3 Å². The Morgan fingerprint density at radius 2 is 1.67 bits per heavy atom. The van der Waals surface area contributed by atoms with Gasteiger partial charge < -0.3 is 14.8 Å². The van der Waals surface area contributed by atoms with Crippen molar-refractivity contribution < 1.29 is 19.1 Å². The van der Waals surface area contributed by atoms with Gasteiger partial charge >= 0.3 is 5.97 Å².